The molecule has 2 unspecified atom stereocenters. The Bertz CT molecular complexity index is 330. The zero-order valence-electron chi connectivity index (χ0n) is 8.53. The van der Waals surface area contributed by atoms with Crippen molar-refractivity contribution < 1.29 is 0 Å². The summed E-state index contributed by atoms with van der Waals surface area (Å²) in [6, 6.07) is 0. The second kappa shape index (κ2) is 4.66. The van der Waals surface area contributed by atoms with E-state index >= 15 is 0 Å². The number of alkyl halides is 1. The molecule has 2 heterocycles. The fourth-order valence-electron chi connectivity index (χ4n) is 1.67. The number of anilines is 1. The highest BCUT2D eigenvalue weighted by molar-refractivity contribution is 9.09. The molecule has 1 aromatic rings. The fourth-order valence-corrected chi connectivity index (χ4v) is 2.38. The van der Waals surface area contributed by atoms with Crippen LogP contribution in [0.1, 0.15) is 13.3 Å². The van der Waals surface area contributed by atoms with Crippen LogP contribution < -0.4 is 4.90 Å². The summed E-state index contributed by atoms with van der Waals surface area (Å²) in [7, 11) is 0. The van der Waals surface area contributed by atoms with Crippen LogP contribution >= 0.6 is 27.5 Å². The lowest BCUT2D eigenvalue weighted by atomic mass is 9.99. The molecule has 3 nitrogen and oxygen atoms in total. The number of aromatic nitrogens is 2. The van der Waals surface area contributed by atoms with Gasteiger partial charge in [0.05, 0.1) is 17.4 Å². The Morgan fingerprint density at radius 3 is 2.73 bits per heavy atom. The summed E-state index contributed by atoms with van der Waals surface area (Å²) in [4.78, 5) is 11.2. The highest BCUT2D eigenvalue weighted by Gasteiger charge is 2.25. The van der Waals surface area contributed by atoms with Crippen LogP contribution in [0.4, 0.5) is 5.95 Å². The molecule has 1 saturated heterocycles. The van der Waals surface area contributed by atoms with E-state index in [0.717, 1.165) is 19.0 Å². The molecule has 1 fully saturated rings. The fraction of sp³-hybridized carbons (Fsp3) is 0.600. The molecule has 5 heteroatoms. The third-order valence-electron chi connectivity index (χ3n) is 2.76. The van der Waals surface area contributed by atoms with E-state index in [0.29, 0.717) is 15.8 Å². The van der Waals surface area contributed by atoms with Gasteiger partial charge >= 0.3 is 0 Å². The van der Waals surface area contributed by atoms with Crippen LogP contribution in [0, 0.1) is 5.92 Å². The maximum absolute atomic E-state index is 5.75. The van der Waals surface area contributed by atoms with Crippen LogP contribution in [-0.4, -0.2) is 27.9 Å². The minimum absolute atomic E-state index is 0.519. The van der Waals surface area contributed by atoms with E-state index in [4.69, 9.17) is 11.6 Å². The first-order chi connectivity index (χ1) is 7.16. The Kier molecular flexibility index (Phi) is 3.46. The number of halogens is 2. The normalized spacial score (nSPS) is 26.7. The number of rotatable bonds is 1. The predicted molar refractivity (Wildman–Crippen MR) is 65.8 cm³/mol. The topological polar surface area (TPSA) is 29.0 Å². The predicted octanol–water partition coefficient (Wildman–Crippen LogP) is 2.74. The maximum atomic E-state index is 5.75. The van der Waals surface area contributed by atoms with Crippen molar-refractivity contribution in [2.75, 3.05) is 18.0 Å². The van der Waals surface area contributed by atoms with Gasteiger partial charge in [-0.25, -0.2) is 9.97 Å². The molecular weight excluding hydrogens is 277 g/mol. The van der Waals surface area contributed by atoms with Crippen molar-refractivity contribution in [3.8, 4) is 0 Å². The van der Waals surface area contributed by atoms with Gasteiger partial charge < -0.3 is 4.90 Å². The molecule has 2 rings (SSSR count). The summed E-state index contributed by atoms with van der Waals surface area (Å²) in [5.41, 5.74) is 0. The summed E-state index contributed by atoms with van der Waals surface area (Å²) in [5, 5.41) is 0.583. The molecule has 0 amide bonds. The van der Waals surface area contributed by atoms with E-state index in [1.54, 1.807) is 12.4 Å². The lowest BCUT2D eigenvalue weighted by molar-refractivity contribution is 0.452. The number of piperidine rings is 1. The summed E-state index contributed by atoms with van der Waals surface area (Å²) < 4.78 is 0. The zero-order valence-corrected chi connectivity index (χ0v) is 10.9. The molecule has 0 bridgehead atoms. The lowest BCUT2D eigenvalue weighted by Gasteiger charge is -2.34. The molecule has 82 valence electrons. The minimum Gasteiger partial charge on any atom is -0.340 e. The second-order valence-electron chi connectivity index (χ2n) is 3.93. The monoisotopic (exact) mass is 289 g/mol. The highest BCUT2D eigenvalue weighted by atomic mass is 79.9. The van der Waals surface area contributed by atoms with Gasteiger partial charge in [0.25, 0.3) is 0 Å². The first kappa shape index (κ1) is 11.1. The van der Waals surface area contributed by atoms with E-state index in [1.165, 1.54) is 6.42 Å². The molecule has 0 aliphatic carbocycles. The van der Waals surface area contributed by atoms with Gasteiger partial charge in [-0.3, -0.25) is 0 Å². The van der Waals surface area contributed by atoms with Gasteiger partial charge in [0, 0.05) is 17.9 Å². The van der Waals surface area contributed by atoms with E-state index in [9.17, 15) is 0 Å². The van der Waals surface area contributed by atoms with Crippen molar-refractivity contribution in [2.45, 2.75) is 18.2 Å². The number of hydrogen-bond acceptors (Lipinski definition) is 3. The standard InChI is InChI=1S/C10H13BrClN3/c1-7-2-3-15(6-9(7)11)10-13-4-8(12)5-14-10/h4-5,7,9H,2-3,6H2,1H3. The molecule has 2 atom stereocenters. The minimum atomic E-state index is 0.519. The lowest BCUT2D eigenvalue weighted by Crippen LogP contribution is -2.40. The van der Waals surface area contributed by atoms with Crippen LogP contribution in [0.2, 0.25) is 5.02 Å². The maximum Gasteiger partial charge on any atom is 0.225 e. The molecule has 1 aliphatic rings. The number of hydrogen-bond donors (Lipinski definition) is 0. The molecule has 1 aliphatic heterocycles. The Labute approximate surface area is 103 Å². The first-order valence-corrected chi connectivity index (χ1v) is 6.33. The van der Waals surface area contributed by atoms with Gasteiger partial charge in [-0.1, -0.05) is 34.5 Å². The average Bonchev–Trinajstić information content (AvgIpc) is 2.23. The number of nitrogens with zero attached hydrogens (tertiary/aromatic N) is 3. The van der Waals surface area contributed by atoms with Gasteiger partial charge in [-0.2, -0.15) is 0 Å². The van der Waals surface area contributed by atoms with Crippen LogP contribution in [0.5, 0.6) is 0 Å². The van der Waals surface area contributed by atoms with Crippen molar-refractivity contribution >= 4 is 33.5 Å². The van der Waals surface area contributed by atoms with Crippen molar-refractivity contribution in [1.29, 1.82) is 0 Å². The van der Waals surface area contributed by atoms with Crippen LogP contribution in [0.25, 0.3) is 0 Å². The summed E-state index contributed by atoms with van der Waals surface area (Å²) in [6.45, 7) is 4.24. The quantitative estimate of drug-likeness (QED) is 0.745. The smallest absolute Gasteiger partial charge is 0.225 e. The van der Waals surface area contributed by atoms with Gasteiger partial charge in [-0.15, -0.1) is 0 Å². The zero-order chi connectivity index (χ0) is 10.8. The summed E-state index contributed by atoms with van der Waals surface area (Å²) in [6.07, 6.45) is 4.46. The SMILES string of the molecule is CC1CCN(c2ncc(Cl)cn2)CC1Br. The third-order valence-corrected chi connectivity index (χ3v) is 4.14. The molecular formula is C10H13BrClN3. The van der Waals surface area contributed by atoms with Crippen molar-refractivity contribution in [1.82, 2.24) is 9.97 Å². The molecule has 0 aromatic carbocycles. The first-order valence-electron chi connectivity index (χ1n) is 5.03. The van der Waals surface area contributed by atoms with E-state index in [1.807, 2.05) is 0 Å². The van der Waals surface area contributed by atoms with Crippen molar-refractivity contribution in [3.05, 3.63) is 17.4 Å². The van der Waals surface area contributed by atoms with E-state index in [-0.39, 0.29) is 0 Å². The summed E-state index contributed by atoms with van der Waals surface area (Å²) in [5.74, 6) is 1.49. The molecule has 0 spiro atoms. The highest BCUT2D eigenvalue weighted by Crippen LogP contribution is 2.25. The molecule has 0 radical (unpaired) electrons. The van der Waals surface area contributed by atoms with E-state index < -0.39 is 0 Å². The second-order valence-corrected chi connectivity index (χ2v) is 5.54. The van der Waals surface area contributed by atoms with Gasteiger partial charge in [0.15, 0.2) is 0 Å². The Morgan fingerprint density at radius 1 is 1.47 bits per heavy atom. The van der Waals surface area contributed by atoms with Crippen LogP contribution in [0.3, 0.4) is 0 Å². The Hall–Kier alpha value is -0.350. The van der Waals surface area contributed by atoms with Crippen LogP contribution in [-0.2, 0) is 0 Å². The molecule has 15 heavy (non-hydrogen) atoms. The largest absolute Gasteiger partial charge is 0.340 e. The van der Waals surface area contributed by atoms with Crippen molar-refractivity contribution in [2.24, 2.45) is 5.92 Å². The molecule has 0 N–H and O–H groups in total. The third kappa shape index (κ3) is 2.61. The van der Waals surface area contributed by atoms with Gasteiger partial charge in [-0.05, 0) is 12.3 Å². The average molecular weight is 291 g/mol. The summed E-state index contributed by atoms with van der Waals surface area (Å²) >= 11 is 9.43. The van der Waals surface area contributed by atoms with Gasteiger partial charge in [0.2, 0.25) is 5.95 Å². The Morgan fingerprint density at radius 2 is 2.13 bits per heavy atom. The molecule has 0 saturated carbocycles. The van der Waals surface area contributed by atoms with E-state index in [2.05, 4.69) is 37.7 Å². The van der Waals surface area contributed by atoms with Gasteiger partial charge in [0.1, 0.15) is 0 Å². The van der Waals surface area contributed by atoms with Crippen LogP contribution in [0.15, 0.2) is 12.4 Å². The Balaban J connectivity index is 2.08. The molecule has 1 aromatic heterocycles. The van der Waals surface area contributed by atoms with Crippen molar-refractivity contribution in [3.63, 3.8) is 0 Å².